The Labute approximate surface area is 163 Å². The average Bonchev–Trinajstić information content (AvgIpc) is 3.03. The third-order valence-corrected chi connectivity index (χ3v) is 5.16. The monoisotopic (exact) mass is 430 g/mol. The third-order valence-electron chi connectivity index (χ3n) is 3.90. The molecule has 1 aromatic heterocycles. The lowest BCUT2D eigenvalue weighted by atomic mass is 9.99. The maximum absolute atomic E-state index is 14.3. The largest absolute Gasteiger partial charge is 0.495 e. The van der Waals surface area contributed by atoms with Crippen LogP contribution in [-0.2, 0) is 16.6 Å². The second-order valence-electron chi connectivity index (χ2n) is 5.65. The SMILES string of the molecule is COc1ccc(-c2noc(CO)c2-c2cc(F)c(S(N)(=O)=O)c(F)c2)cc1Cl. The third kappa shape index (κ3) is 3.59. The van der Waals surface area contributed by atoms with Crippen molar-refractivity contribution < 1.29 is 31.6 Å². The number of methoxy groups -OCH3 is 1. The molecule has 3 rings (SSSR count). The van der Waals surface area contributed by atoms with E-state index in [1.807, 2.05) is 0 Å². The topological polar surface area (TPSA) is 116 Å². The number of rotatable bonds is 5. The van der Waals surface area contributed by atoms with Crippen LogP contribution in [-0.4, -0.2) is 25.8 Å². The van der Waals surface area contributed by atoms with Crippen LogP contribution in [0.4, 0.5) is 8.78 Å². The molecule has 0 atom stereocenters. The van der Waals surface area contributed by atoms with Crippen molar-refractivity contribution in [3.05, 3.63) is 52.7 Å². The van der Waals surface area contributed by atoms with Crippen LogP contribution in [0.25, 0.3) is 22.4 Å². The molecular formula is C17H13ClF2N2O5S. The molecular weight excluding hydrogens is 418 g/mol. The van der Waals surface area contributed by atoms with Crippen LogP contribution in [0.2, 0.25) is 5.02 Å². The second-order valence-corrected chi connectivity index (χ2v) is 7.56. The lowest BCUT2D eigenvalue weighted by Crippen LogP contribution is -2.16. The van der Waals surface area contributed by atoms with E-state index in [1.54, 1.807) is 12.1 Å². The van der Waals surface area contributed by atoms with Gasteiger partial charge in [-0.3, -0.25) is 0 Å². The van der Waals surface area contributed by atoms with E-state index >= 15 is 0 Å². The first kappa shape index (κ1) is 20.2. The van der Waals surface area contributed by atoms with Gasteiger partial charge < -0.3 is 14.4 Å². The van der Waals surface area contributed by atoms with Crippen LogP contribution < -0.4 is 9.88 Å². The molecule has 0 amide bonds. The van der Waals surface area contributed by atoms with Crippen molar-refractivity contribution in [2.45, 2.75) is 11.5 Å². The molecule has 0 saturated carbocycles. The van der Waals surface area contributed by atoms with Gasteiger partial charge in [0.1, 0.15) is 29.7 Å². The molecule has 3 aromatic rings. The molecule has 11 heteroatoms. The molecule has 0 spiro atoms. The Morgan fingerprint density at radius 1 is 1.21 bits per heavy atom. The molecule has 2 aromatic carbocycles. The highest BCUT2D eigenvalue weighted by molar-refractivity contribution is 7.89. The number of aliphatic hydroxyl groups is 1. The molecule has 0 fully saturated rings. The van der Waals surface area contributed by atoms with Crippen molar-refractivity contribution >= 4 is 21.6 Å². The average molecular weight is 431 g/mol. The summed E-state index contributed by atoms with van der Waals surface area (Å²) in [6, 6.07) is 6.17. The summed E-state index contributed by atoms with van der Waals surface area (Å²) >= 11 is 6.11. The second kappa shape index (κ2) is 7.47. The molecule has 0 aliphatic rings. The summed E-state index contributed by atoms with van der Waals surface area (Å²) in [5.74, 6) is -2.46. The van der Waals surface area contributed by atoms with E-state index in [1.165, 1.54) is 13.2 Å². The summed E-state index contributed by atoms with van der Waals surface area (Å²) in [6.07, 6.45) is 0. The van der Waals surface area contributed by atoms with Gasteiger partial charge in [-0.05, 0) is 35.9 Å². The summed E-state index contributed by atoms with van der Waals surface area (Å²) < 4.78 is 61.5. The van der Waals surface area contributed by atoms with Crippen LogP contribution in [0.3, 0.4) is 0 Å². The van der Waals surface area contributed by atoms with E-state index in [0.717, 1.165) is 12.1 Å². The van der Waals surface area contributed by atoms with Crippen molar-refractivity contribution in [3.8, 4) is 28.1 Å². The fourth-order valence-corrected chi connectivity index (χ4v) is 3.64. The van der Waals surface area contributed by atoms with Gasteiger partial charge in [-0.2, -0.15) is 0 Å². The molecule has 0 radical (unpaired) electrons. The Morgan fingerprint density at radius 3 is 2.36 bits per heavy atom. The zero-order valence-electron chi connectivity index (χ0n) is 14.2. The molecule has 0 aliphatic heterocycles. The first-order valence-electron chi connectivity index (χ1n) is 7.63. The van der Waals surface area contributed by atoms with Gasteiger partial charge >= 0.3 is 0 Å². The number of primary sulfonamides is 1. The lowest BCUT2D eigenvalue weighted by Gasteiger charge is -2.09. The van der Waals surface area contributed by atoms with Crippen molar-refractivity contribution in [3.63, 3.8) is 0 Å². The van der Waals surface area contributed by atoms with E-state index in [2.05, 4.69) is 5.16 Å². The minimum absolute atomic E-state index is 0.0718. The van der Waals surface area contributed by atoms with E-state index in [0.29, 0.717) is 11.3 Å². The van der Waals surface area contributed by atoms with Crippen LogP contribution in [0.1, 0.15) is 5.76 Å². The number of aromatic nitrogens is 1. The number of halogens is 3. The number of benzene rings is 2. The zero-order chi connectivity index (χ0) is 20.6. The van der Waals surface area contributed by atoms with Gasteiger partial charge in [0.25, 0.3) is 0 Å². The predicted molar refractivity (Wildman–Crippen MR) is 96.1 cm³/mol. The number of aliphatic hydroxyl groups excluding tert-OH is 1. The van der Waals surface area contributed by atoms with Crippen molar-refractivity contribution in [2.24, 2.45) is 5.14 Å². The summed E-state index contributed by atoms with van der Waals surface area (Å²) in [5, 5.41) is 18.4. The molecule has 0 aliphatic carbocycles. The van der Waals surface area contributed by atoms with Crippen molar-refractivity contribution in [1.29, 1.82) is 0 Å². The van der Waals surface area contributed by atoms with Crippen LogP contribution in [0.15, 0.2) is 39.8 Å². The highest BCUT2D eigenvalue weighted by Crippen LogP contribution is 2.38. The molecule has 1 heterocycles. The number of ether oxygens (including phenoxy) is 1. The highest BCUT2D eigenvalue weighted by Gasteiger charge is 2.26. The Balaban J connectivity index is 2.24. The fraction of sp³-hybridized carbons (Fsp3) is 0.118. The molecule has 28 heavy (non-hydrogen) atoms. The summed E-state index contributed by atoms with van der Waals surface area (Å²) in [5.41, 5.74) is 0.522. The van der Waals surface area contributed by atoms with Gasteiger partial charge in [0, 0.05) is 5.56 Å². The molecule has 3 N–H and O–H groups in total. The van der Waals surface area contributed by atoms with E-state index in [4.69, 9.17) is 26.0 Å². The Morgan fingerprint density at radius 2 is 1.86 bits per heavy atom. The molecule has 0 saturated heterocycles. The predicted octanol–water partition coefficient (Wildman–Crippen LogP) is 3.09. The summed E-state index contributed by atoms with van der Waals surface area (Å²) in [6.45, 7) is -0.619. The van der Waals surface area contributed by atoms with Gasteiger partial charge in [0.05, 0.1) is 17.7 Å². The number of sulfonamides is 1. The van der Waals surface area contributed by atoms with Gasteiger partial charge in [-0.1, -0.05) is 16.8 Å². The van der Waals surface area contributed by atoms with Gasteiger partial charge in [-0.25, -0.2) is 22.3 Å². The number of hydrogen-bond donors (Lipinski definition) is 2. The maximum atomic E-state index is 14.3. The normalized spacial score (nSPS) is 11.6. The Kier molecular flexibility index (Phi) is 5.39. The van der Waals surface area contributed by atoms with Gasteiger partial charge in [0.15, 0.2) is 10.7 Å². The maximum Gasteiger partial charge on any atom is 0.243 e. The summed E-state index contributed by atoms with van der Waals surface area (Å²) in [7, 11) is -3.18. The molecule has 148 valence electrons. The number of hydrogen-bond acceptors (Lipinski definition) is 6. The Hall–Kier alpha value is -2.53. The fourth-order valence-electron chi connectivity index (χ4n) is 2.72. The van der Waals surface area contributed by atoms with E-state index < -0.39 is 33.2 Å². The summed E-state index contributed by atoms with van der Waals surface area (Å²) in [4.78, 5) is -1.26. The lowest BCUT2D eigenvalue weighted by molar-refractivity contribution is 0.230. The molecule has 7 nitrogen and oxygen atoms in total. The van der Waals surface area contributed by atoms with Gasteiger partial charge in [0.2, 0.25) is 10.0 Å². The van der Waals surface area contributed by atoms with E-state index in [-0.39, 0.29) is 27.6 Å². The minimum Gasteiger partial charge on any atom is -0.495 e. The first-order chi connectivity index (χ1) is 13.2. The Bertz CT molecular complexity index is 1140. The smallest absolute Gasteiger partial charge is 0.243 e. The first-order valence-corrected chi connectivity index (χ1v) is 9.55. The standard InChI is InChI=1S/C17H13ClF2N2O5S/c1-26-13-3-2-8(4-10(13)18)16-15(14(7-23)27-22-16)9-5-11(19)17(12(20)6-9)28(21,24)25/h2-6,23H,7H2,1H3,(H2,21,24,25). The van der Waals surface area contributed by atoms with Gasteiger partial charge in [-0.15, -0.1) is 0 Å². The van der Waals surface area contributed by atoms with E-state index in [9.17, 15) is 22.3 Å². The molecule has 0 unspecified atom stereocenters. The molecule has 0 bridgehead atoms. The quantitative estimate of drug-likeness (QED) is 0.642. The van der Waals surface area contributed by atoms with Crippen LogP contribution in [0.5, 0.6) is 5.75 Å². The van der Waals surface area contributed by atoms with Crippen LogP contribution in [0, 0.1) is 11.6 Å². The van der Waals surface area contributed by atoms with Crippen LogP contribution >= 0.6 is 11.6 Å². The number of nitrogens with two attached hydrogens (primary N) is 1. The highest BCUT2D eigenvalue weighted by atomic mass is 35.5. The van der Waals surface area contributed by atoms with Crippen molar-refractivity contribution in [2.75, 3.05) is 7.11 Å². The number of nitrogens with zero attached hydrogens (tertiary/aromatic N) is 1. The zero-order valence-corrected chi connectivity index (χ0v) is 15.8. The minimum atomic E-state index is -4.61. The van der Waals surface area contributed by atoms with Crippen molar-refractivity contribution in [1.82, 2.24) is 5.16 Å².